The van der Waals surface area contributed by atoms with Gasteiger partial charge in [0.15, 0.2) is 0 Å². The van der Waals surface area contributed by atoms with Crippen LogP contribution in [0.1, 0.15) is 25.3 Å². The topological polar surface area (TPSA) is 101 Å². The Kier molecular flexibility index (Phi) is 1.96. The number of nitrogen functional groups attached to an aromatic ring is 2. The van der Waals surface area contributed by atoms with Gasteiger partial charge in [0, 0.05) is 5.56 Å². The quantitative estimate of drug-likeness (QED) is 0.526. The van der Waals surface area contributed by atoms with Crippen LogP contribution in [0.2, 0.25) is 0 Å². The zero-order chi connectivity index (χ0) is 11.2. The Bertz CT molecular complexity index is 565. The smallest absolute Gasteiger partial charge is 0.323 e. The molecule has 80 valence electrons. The van der Waals surface area contributed by atoms with Gasteiger partial charge in [0.25, 0.3) is 0 Å². The summed E-state index contributed by atoms with van der Waals surface area (Å²) in [6, 6.07) is 1.68. The monoisotopic (exact) mass is 206 g/mol. The zero-order valence-electron chi connectivity index (χ0n) is 8.72. The Balaban J connectivity index is 2.94. The maximum absolute atomic E-state index is 11.2. The number of nitrogens with two attached hydrogens (primary N) is 2. The SMILES string of the molecule is CC(C)c1c(N)c(N)cc2[nH]c(=O)[nH]c12. The predicted molar refractivity (Wildman–Crippen MR) is 61.8 cm³/mol. The first-order valence-corrected chi connectivity index (χ1v) is 4.80. The first kappa shape index (κ1) is 9.64. The van der Waals surface area contributed by atoms with Crippen molar-refractivity contribution in [2.75, 3.05) is 11.5 Å². The molecule has 0 saturated carbocycles. The van der Waals surface area contributed by atoms with Crippen molar-refractivity contribution >= 4 is 22.4 Å². The average Bonchev–Trinajstić information content (AvgIpc) is 2.46. The van der Waals surface area contributed by atoms with Crippen molar-refractivity contribution in [2.24, 2.45) is 0 Å². The van der Waals surface area contributed by atoms with E-state index in [0.29, 0.717) is 16.9 Å². The number of aromatic nitrogens is 2. The van der Waals surface area contributed by atoms with E-state index in [2.05, 4.69) is 9.97 Å². The molecular weight excluding hydrogens is 192 g/mol. The lowest BCUT2D eigenvalue weighted by Crippen LogP contribution is -2.03. The van der Waals surface area contributed by atoms with E-state index >= 15 is 0 Å². The van der Waals surface area contributed by atoms with Gasteiger partial charge in [-0.3, -0.25) is 0 Å². The van der Waals surface area contributed by atoms with Crippen LogP contribution in [0, 0.1) is 0 Å². The van der Waals surface area contributed by atoms with E-state index in [1.807, 2.05) is 13.8 Å². The van der Waals surface area contributed by atoms with Crippen LogP contribution in [0.15, 0.2) is 10.9 Å². The minimum absolute atomic E-state index is 0.211. The molecule has 1 heterocycles. The fourth-order valence-corrected chi connectivity index (χ4v) is 1.84. The summed E-state index contributed by atoms with van der Waals surface area (Å²) in [5, 5.41) is 0. The molecule has 2 aromatic rings. The van der Waals surface area contributed by atoms with Gasteiger partial charge in [0.05, 0.1) is 22.4 Å². The summed E-state index contributed by atoms with van der Waals surface area (Å²) in [5.74, 6) is 0.211. The molecule has 15 heavy (non-hydrogen) atoms. The van der Waals surface area contributed by atoms with E-state index in [1.165, 1.54) is 0 Å². The summed E-state index contributed by atoms with van der Waals surface area (Å²) in [5.41, 5.74) is 14.8. The van der Waals surface area contributed by atoms with Crippen LogP contribution >= 0.6 is 0 Å². The largest absolute Gasteiger partial charge is 0.397 e. The third-order valence-corrected chi connectivity index (χ3v) is 2.50. The van der Waals surface area contributed by atoms with Crippen LogP contribution in [0.3, 0.4) is 0 Å². The highest BCUT2D eigenvalue weighted by molar-refractivity contribution is 5.90. The lowest BCUT2D eigenvalue weighted by molar-refractivity contribution is 0.877. The van der Waals surface area contributed by atoms with Crippen LogP contribution in [-0.2, 0) is 0 Å². The lowest BCUT2D eigenvalue weighted by Gasteiger charge is -2.12. The first-order valence-electron chi connectivity index (χ1n) is 4.80. The number of nitrogens with one attached hydrogen (secondary N) is 2. The molecule has 5 heteroatoms. The number of imidazole rings is 1. The summed E-state index contributed by atoms with van der Waals surface area (Å²) >= 11 is 0. The van der Waals surface area contributed by atoms with Crippen molar-refractivity contribution < 1.29 is 0 Å². The van der Waals surface area contributed by atoms with Crippen molar-refractivity contribution in [2.45, 2.75) is 19.8 Å². The lowest BCUT2D eigenvalue weighted by atomic mass is 9.98. The van der Waals surface area contributed by atoms with Gasteiger partial charge in [-0.2, -0.15) is 0 Å². The standard InChI is InChI=1S/C10H14N4O/c1-4(2)7-8(12)5(11)3-6-9(7)14-10(15)13-6/h3-4H,11-12H2,1-2H3,(H2,13,14,15). The number of anilines is 2. The maximum Gasteiger partial charge on any atom is 0.323 e. The fraction of sp³-hybridized carbons (Fsp3) is 0.300. The zero-order valence-corrected chi connectivity index (χ0v) is 8.72. The molecule has 0 aliphatic heterocycles. The third kappa shape index (κ3) is 1.36. The Morgan fingerprint density at radius 2 is 1.93 bits per heavy atom. The van der Waals surface area contributed by atoms with Gasteiger partial charge in [-0.05, 0) is 12.0 Å². The predicted octanol–water partition coefficient (Wildman–Crippen LogP) is 1.14. The molecule has 0 fully saturated rings. The molecule has 5 nitrogen and oxygen atoms in total. The van der Waals surface area contributed by atoms with E-state index < -0.39 is 0 Å². The van der Waals surface area contributed by atoms with Crippen molar-refractivity contribution in [1.82, 2.24) is 9.97 Å². The van der Waals surface area contributed by atoms with Gasteiger partial charge < -0.3 is 21.4 Å². The van der Waals surface area contributed by atoms with Crippen molar-refractivity contribution in [3.63, 3.8) is 0 Å². The highest BCUT2D eigenvalue weighted by Gasteiger charge is 2.14. The number of fused-ring (bicyclic) bond motifs is 1. The normalized spacial score (nSPS) is 11.4. The molecule has 0 radical (unpaired) electrons. The van der Waals surface area contributed by atoms with E-state index in [9.17, 15) is 4.79 Å². The van der Waals surface area contributed by atoms with E-state index in [1.54, 1.807) is 6.07 Å². The number of hydrogen-bond donors (Lipinski definition) is 4. The van der Waals surface area contributed by atoms with Crippen LogP contribution in [0.4, 0.5) is 11.4 Å². The minimum Gasteiger partial charge on any atom is -0.397 e. The summed E-state index contributed by atoms with van der Waals surface area (Å²) < 4.78 is 0. The van der Waals surface area contributed by atoms with Crippen LogP contribution in [0.25, 0.3) is 11.0 Å². The molecule has 0 saturated heterocycles. The molecule has 1 aromatic carbocycles. The number of aromatic amines is 2. The van der Waals surface area contributed by atoms with E-state index in [-0.39, 0.29) is 11.6 Å². The Labute approximate surface area is 86.5 Å². The number of benzene rings is 1. The molecular formula is C10H14N4O. The Morgan fingerprint density at radius 1 is 1.27 bits per heavy atom. The summed E-state index contributed by atoms with van der Waals surface area (Å²) in [4.78, 5) is 16.6. The number of H-pyrrole nitrogens is 2. The average molecular weight is 206 g/mol. The third-order valence-electron chi connectivity index (χ3n) is 2.50. The number of rotatable bonds is 1. The van der Waals surface area contributed by atoms with Gasteiger partial charge in [-0.1, -0.05) is 13.8 Å². The molecule has 0 aliphatic carbocycles. The molecule has 6 N–H and O–H groups in total. The van der Waals surface area contributed by atoms with Crippen molar-refractivity contribution in [3.05, 3.63) is 22.1 Å². The minimum atomic E-state index is -0.239. The van der Waals surface area contributed by atoms with Gasteiger partial charge in [-0.15, -0.1) is 0 Å². The van der Waals surface area contributed by atoms with Gasteiger partial charge in [0.2, 0.25) is 0 Å². The summed E-state index contributed by atoms with van der Waals surface area (Å²) in [6.07, 6.45) is 0. The van der Waals surface area contributed by atoms with Gasteiger partial charge in [-0.25, -0.2) is 4.79 Å². The summed E-state index contributed by atoms with van der Waals surface area (Å²) in [7, 11) is 0. The summed E-state index contributed by atoms with van der Waals surface area (Å²) in [6.45, 7) is 4.02. The van der Waals surface area contributed by atoms with Crippen LogP contribution in [0.5, 0.6) is 0 Å². The first-order chi connectivity index (χ1) is 7.00. The second-order valence-electron chi connectivity index (χ2n) is 3.95. The molecule has 0 atom stereocenters. The van der Waals surface area contributed by atoms with Crippen molar-refractivity contribution in [3.8, 4) is 0 Å². The van der Waals surface area contributed by atoms with Crippen molar-refractivity contribution in [1.29, 1.82) is 0 Å². The second-order valence-corrected chi connectivity index (χ2v) is 3.95. The van der Waals surface area contributed by atoms with Gasteiger partial charge in [0.1, 0.15) is 0 Å². The highest BCUT2D eigenvalue weighted by atomic mass is 16.1. The maximum atomic E-state index is 11.2. The molecule has 0 aliphatic rings. The molecule has 0 unspecified atom stereocenters. The Morgan fingerprint density at radius 3 is 2.53 bits per heavy atom. The van der Waals surface area contributed by atoms with Crippen LogP contribution in [-0.4, -0.2) is 9.97 Å². The van der Waals surface area contributed by atoms with Crippen LogP contribution < -0.4 is 17.2 Å². The second kappa shape index (κ2) is 3.05. The molecule has 0 bridgehead atoms. The molecule has 2 rings (SSSR count). The fourth-order valence-electron chi connectivity index (χ4n) is 1.84. The molecule has 1 aromatic heterocycles. The van der Waals surface area contributed by atoms with E-state index in [0.717, 1.165) is 11.1 Å². The molecule has 0 spiro atoms. The number of hydrogen-bond acceptors (Lipinski definition) is 3. The highest BCUT2D eigenvalue weighted by Crippen LogP contribution is 2.32. The van der Waals surface area contributed by atoms with Gasteiger partial charge >= 0.3 is 5.69 Å². The molecule has 0 amide bonds. The Hall–Kier alpha value is -1.91. The van der Waals surface area contributed by atoms with E-state index in [4.69, 9.17) is 11.5 Å².